The van der Waals surface area contributed by atoms with E-state index in [0.29, 0.717) is 25.8 Å². The molecule has 1 aromatic rings. The summed E-state index contributed by atoms with van der Waals surface area (Å²) in [6, 6.07) is 2.89. The van der Waals surface area contributed by atoms with E-state index < -0.39 is 27.3 Å². The Hall–Kier alpha value is -2.55. The fraction of sp³-hybridized carbons (Fsp3) is 0.417. The van der Waals surface area contributed by atoms with Crippen LogP contribution in [0.25, 0.3) is 0 Å². The van der Waals surface area contributed by atoms with Gasteiger partial charge in [0.1, 0.15) is 5.69 Å². The fourth-order valence-corrected chi connectivity index (χ4v) is 1.83. The van der Waals surface area contributed by atoms with Crippen molar-refractivity contribution in [3.8, 4) is 0 Å². The highest BCUT2D eigenvalue weighted by Crippen LogP contribution is 2.34. The van der Waals surface area contributed by atoms with Gasteiger partial charge in [0.2, 0.25) is 6.29 Å². The molecule has 0 aliphatic heterocycles. The lowest BCUT2D eigenvalue weighted by Gasteiger charge is -2.13. The van der Waals surface area contributed by atoms with E-state index in [9.17, 15) is 25.0 Å². The molecule has 0 aliphatic rings. The molecule has 0 aromatic heterocycles. The highest BCUT2D eigenvalue weighted by Gasteiger charge is 2.29. The van der Waals surface area contributed by atoms with E-state index in [1.165, 1.54) is 12.1 Å². The van der Waals surface area contributed by atoms with Crippen molar-refractivity contribution < 1.29 is 14.6 Å². The Morgan fingerprint density at radius 2 is 1.95 bits per heavy atom. The lowest BCUT2D eigenvalue weighted by atomic mass is 10.1. The topological polar surface area (TPSA) is 141 Å². The molecule has 1 atom stereocenters. The highest BCUT2D eigenvalue weighted by atomic mass is 16.6. The molecule has 113 valence electrons. The van der Waals surface area contributed by atoms with Gasteiger partial charge < -0.3 is 11.1 Å². The molecular weight excluding hydrogens is 280 g/mol. The van der Waals surface area contributed by atoms with E-state index in [-0.39, 0.29) is 5.69 Å². The van der Waals surface area contributed by atoms with Crippen molar-refractivity contribution in [2.45, 2.75) is 25.3 Å². The van der Waals surface area contributed by atoms with Crippen LogP contribution in [0.1, 0.15) is 19.3 Å². The Labute approximate surface area is 120 Å². The van der Waals surface area contributed by atoms with E-state index in [1.807, 2.05) is 0 Å². The van der Waals surface area contributed by atoms with Crippen LogP contribution in [-0.2, 0) is 4.79 Å². The van der Waals surface area contributed by atoms with Crippen LogP contribution in [0.2, 0.25) is 0 Å². The maximum atomic E-state index is 11.0. The minimum atomic E-state index is -0.845. The van der Waals surface area contributed by atoms with Crippen LogP contribution >= 0.6 is 0 Å². The Bertz CT molecular complexity index is 534. The largest absolute Gasteiger partial charge is 0.369 e. The number of nitro benzene ring substituents is 2. The summed E-state index contributed by atoms with van der Waals surface area (Å²) in [7, 11) is 0. The summed E-state index contributed by atoms with van der Waals surface area (Å²) in [5.74, 6) is 0. The van der Waals surface area contributed by atoms with Crippen LogP contribution in [0, 0.1) is 20.2 Å². The second kappa shape index (κ2) is 7.90. The molecule has 0 saturated carbocycles. The van der Waals surface area contributed by atoms with Gasteiger partial charge in [0, 0.05) is 6.07 Å². The molecule has 21 heavy (non-hydrogen) atoms. The number of nitrogens with one attached hydrogen (secondary N) is 1. The smallest absolute Gasteiger partial charge is 0.368 e. The molecule has 9 nitrogen and oxygen atoms in total. The fourth-order valence-electron chi connectivity index (χ4n) is 1.83. The first-order valence-electron chi connectivity index (χ1n) is 6.27. The first-order chi connectivity index (χ1) is 10.0. The van der Waals surface area contributed by atoms with Crippen molar-refractivity contribution in [2.75, 3.05) is 11.9 Å². The molecule has 1 rings (SSSR count). The number of hydrogen-bond donors (Lipinski definition) is 2. The molecule has 1 aromatic carbocycles. The average molecular weight is 295 g/mol. The van der Waals surface area contributed by atoms with Gasteiger partial charge in [-0.2, -0.15) is 0 Å². The van der Waals surface area contributed by atoms with Crippen molar-refractivity contribution in [1.29, 1.82) is 0 Å². The van der Waals surface area contributed by atoms with Gasteiger partial charge in [-0.25, -0.2) is 0 Å². The summed E-state index contributed by atoms with van der Waals surface area (Å²) >= 11 is 0. The quantitative estimate of drug-likeness (QED) is 0.399. The van der Waals surface area contributed by atoms with Crippen molar-refractivity contribution >= 4 is 23.3 Å². The molecule has 0 aliphatic carbocycles. The zero-order chi connectivity index (χ0) is 15.8. The van der Waals surface area contributed by atoms with Crippen molar-refractivity contribution in [2.24, 2.45) is 5.73 Å². The second-order valence-corrected chi connectivity index (χ2v) is 4.29. The summed E-state index contributed by atoms with van der Waals surface area (Å²) in [5, 5.41) is 24.5. The number of anilines is 1. The van der Waals surface area contributed by atoms with Gasteiger partial charge in [0.05, 0.1) is 15.9 Å². The van der Waals surface area contributed by atoms with E-state index >= 15 is 0 Å². The van der Waals surface area contributed by atoms with Crippen molar-refractivity contribution in [3.63, 3.8) is 0 Å². The van der Waals surface area contributed by atoms with Gasteiger partial charge in [-0.05, 0) is 31.9 Å². The van der Waals surface area contributed by atoms with Gasteiger partial charge in [-0.15, -0.1) is 0 Å². The maximum absolute atomic E-state index is 11.0. The monoisotopic (exact) mass is 295 g/mol. The number of hydrogen-bond acceptors (Lipinski definition) is 7. The second-order valence-electron chi connectivity index (χ2n) is 4.29. The summed E-state index contributed by atoms with van der Waals surface area (Å²) in [6.07, 6.45) is 3.47. The third-order valence-corrected chi connectivity index (χ3v) is 2.81. The Kier molecular flexibility index (Phi) is 6.21. The number of nitro groups is 2. The number of para-hydroxylation sites is 1. The van der Waals surface area contributed by atoms with E-state index in [0.717, 1.165) is 6.07 Å². The van der Waals surface area contributed by atoms with Gasteiger partial charge in [0.25, 0.3) is 0 Å². The third kappa shape index (κ3) is 4.49. The molecule has 0 heterocycles. The first kappa shape index (κ1) is 16.5. The van der Waals surface area contributed by atoms with Gasteiger partial charge in [0.15, 0.2) is 0 Å². The highest BCUT2D eigenvalue weighted by molar-refractivity contribution is 5.75. The molecule has 1 unspecified atom stereocenters. The van der Waals surface area contributed by atoms with E-state index in [1.54, 1.807) is 6.29 Å². The van der Waals surface area contributed by atoms with Crippen molar-refractivity contribution in [3.05, 3.63) is 38.4 Å². The molecule has 0 amide bonds. The Morgan fingerprint density at radius 3 is 2.48 bits per heavy atom. The van der Waals surface area contributed by atoms with Gasteiger partial charge in [-0.1, -0.05) is 6.07 Å². The Balaban J connectivity index is 3.01. The van der Waals surface area contributed by atoms with Crippen LogP contribution in [0.5, 0.6) is 0 Å². The molecule has 0 spiro atoms. The number of unbranched alkanes of at least 4 members (excludes halogenated alkanes) is 1. The van der Waals surface area contributed by atoms with Crippen LogP contribution in [0.15, 0.2) is 18.2 Å². The zero-order valence-electron chi connectivity index (χ0n) is 11.2. The van der Waals surface area contributed by atoms with Crippen LogP contribution in [0.3, 0.4) is 0 Å². The minimum absolute atomic E-state index is 0.0738. The van der Waals surface area contributed by atoms with Gasteiger partial charge in [-0.3, -0.25) is 25.0 Å². The zero-order valence-corrected chi connectivity index (χ0v) is 11.2. The van der Waals surface area contributed by atoms with Crippen LogP contribution in [-0.4, -0.2) is 28.7 Å². The average Bonchev–Trinajstić information content (AvgIpc) is 2.45. The number of nitrogens with two attached hydrogens (primary N) is 1. The summed E-state index contributed by atoms with van der Waals surface area (Å²) in [5.41, 5.74) is 3.98. The van der Waals surface area contributed by atoms with Crippen LogP contribution < -0.4 is 11.1 Å². The SMILES string of the molecule is NCCCCC([C]=O)Nc1cccc([N+](=O)[O-])c1[N+](=O)[O-]. The molecule has 0 saturated heterocycles. The Morgan fingerprint density at radius 1 is 1.24 bits per heavy atom. The van der Waals surface area contributed by atoms with E-state index in [2.05, 4.69) is 5.32 Å². The molecule has 3 N–H and O–H groups in total. The van der Waals surface area contributed by atoms with Crippen molar-refractivity contribution in [1.82, 2.24) is 0 Å². The number of nitrogens with zero attached hydrogens (tertiary/aromatic N) is 2. The molecule has 1 radical (unpaired) electrons. The normalized spacial score (nSPS) is 11.7. The predicted octanol–water partition coefficient (Wildman–Crippen LogP) is 1.52. The molecule has 0 fully saturated rings. The number of rotatable bonds is 9. The van der Waals surface area contributed by atoms with E-state index in [4.69, 9.17) is 5.73 Å². The maximum Gasteiger partial charge on any atom is 0.368 e. The van der Waals surface area contributed by atoms with Gasteiger partial charge >= 0.3 is 11.4 Å². The van der Waals surface area contributed by atoms with Crippen LogP contribution in [0.4, 0.5) is 17.1 Å². The number of benzene rings is 1. The summed E-state index contributed by atoms with van der Waals surface area (Å²) in [6.45, 7) is 0.475. The third-order valence-electron chi connectivity index (χ3n) is 2.81. The minimum Gasteiger partial charge on any atom is -0.369 e. The number of carbonyl (C=O) groups excluding carboxylic acids is 1. The standard InChI is InChI=1S/C12H15N4O5/c13-7-2-1-4-9(8-17)14-10-5-3-6-11(15(18)19)12(10)16(20)21/h3,5-6,9,14H,1-2,4,7,13H2. The lowest BCUT2D eigenvalue weighted by Crippen LogP contribution is -2.22. The summed E-state index contributed by atoms with van der Waals surface area (Å²) < 4.78 is 0. The summed E-state index contributed by atoms with van der Waals surface area (Å²) in [4.78, 5) is 31.1. The first-order valence-corrected chi connectivity index (χ1v) is 6.27. The molecular formula is C12H15N4O5. The molecule has 9 heteroatoms. The molecule has 0 bridgehead atoms. The lowest BCUT2D eigenvalue weighted by molar-refractivity contribution is -0.421. The predicted molar refractivity (Wildman–Crippen MR) is 75.8 cm³/mol.